The van der Waals surface area contributed by atoms with Crippen molar-refractivity contribution in [2.75, 3.05) is 6.54 Å². The predicted molar refractivity (Wildman–Crippen MR) is 75.8 cm³/mol. The summed E-state index contributed by atoms with van der Waals surface area (Å²) in [6, 6.07) is 3.47. The van der Waals surface area contributed by atoms with Gasteiger partial charge in [0.1, 0.15) is 16.7 Å². The van der Waals surface area contributed by atoms with Crippen molar-refractivity contribution in [3.05, 3.63) is 41.1 Å². The van der Waals surface area contributed by atoms with Crippen molar-refractivity contribution in [3.8, 4) is 0 Å². The van der Waals surface area contributed by atoms with Crippen LogP contribution in [0.25, 0.3) is 0 Å². The summed E-state index contributed by atoms with van der Waals surface area (Å²) in [6.07, 6.45) is 0. The van der Waals surface area contributed by atoms with Gasteiger partial charge in [0.25, 0.3) is 0 Å². The Labute approximate surface area is 121 Å². The highest BCUT2D eigenvalue weighted by molar-refractivity contribution is 7.99. The van der Waals surface area contributed by atoms with Gasteiger partial charge < -0.3 is 5.32 Å². The average molecular weight is 297 g/mol. The van der Waals surface area contributed by atoms with E-state index in [0.29, 0.717) is 6.54 Å². The van der Waals surface area contributed by atoms with Gasteiger partial charge in [-0.3, -0.25) is 4.68 Å². The number of rotatable bonds is 5. The van der Waals surface area contributed by atoms with E-state index < -0.39 is 11.6 Å². The molecule has 1 heterocycles. The second-order valence-corrected chi connectivity index (χ2v) is 5.48. The third kappa shape index (κ3) is 3.19. The van der Waals surface area contributed by atoms with E-state index in [-0.39, 0.29) is 4.90 Å². The van der Waals surface area contributed by atoms with Gasteiger partial charge in [-0.15, -0.1) is 0 Å². The van der Waals surface area contributed by atoms with Gasteiger partial charge in [0.05, 0.1) is 10.6 Å². The molecule has 0 radical (unpaired) electrons. The Morgan fingerprint density at radius 1 is 1.35 bits per heavy atom. The molecule has 0 unspecified atom stereocenters. The highest BCUT2D eigenvalue weighted by Gasteiger charge is 2.16. The molecule has 0 spiro atoms. The first-order chi connectivity index (χ1) is 9.52. The molecule has 0 amide bonds. The second kappa shape index (κ2) is 6.37. The lowest BCUT2D eigenvalue weighted by atomic mass is 10.2. The molecule has 2 aromatic rings. The molecule has 0 saturated heterocycles. The molecule has 1 aromatic heterocycles. The van der Waals surface area contributed by atoms with Gasteiger partial charge in [-0.1, -0.05) is 18.7 Å². The van der Waals surface area contributed by atoms with Crippen molar-refractivity contribution >= 4 is 11.8 Å². The van der Waals surface area contributed by atoms with E-state index in [1.54, 1.807) is 4.68 Å². The van der Waals surface area contributed by atoms with Gasteiger partial charge in [0.15, 0.2) is 0 Å². The molecule has 1 aromatic carbocycles. The van der Waals surface area contributed by atoms with E-state index in [0.717, 1.165) is 35.0 Å². The standard InChI is InChI=1S/C14H17F2N3S/c1-4-17-8-11-9(2)18-19(3)14(11)20-13-7-10(15)5-6-12(13)16/h5-7,17H,4,8H2,1-3H3. The maximum atomic E-state index is 13.7. The number of nitrogens with one attached hydrogen (secondary N) is 1. The topological polar surface area (TPSA) is 29.9 Å². The van der Waals surface area contributed by atoms with Gasteiger partial charge in [-0.05, 0) is 31.7 Å². The molecular weight excluding hydrogens is 280 g/mol. The summed E-state index contributed by atoms with van der Waals surface area (Å²) >= 11 is 1.20. The summed E-state index contributed by atoms with van der Waals surface area (Å²) in [4.78, 5) is 0.269. The number of hydrogen-bond acceptors (Lipinski definition) is 3. The summed E-state index contributed by atoms with van der Waals surface area (Å²) in [7, 11) is 1.81. The fourth-order valence-corrected chi connectivity index (χ4v) is 2.98. The van der Waals surface area contributed by atoms with Crippen LogP contribution in [0.4, 0.5) is 8.78 Å². The van der Waals surface area contributed by atoms with Gasteiger partial charge in [0.2, 0.25) is 0 Å². The normalized spacial score (nSPS) is 11.1. The molecule has 0 aliphatic rings. The zero-order valence-corrected chi connectivity index (χ0v) is 12.5. The maximum Gasteiger partial charge on any atom is 0.137 e. The lowest BCUT2D eigenvalue weighted by Crippen LogP contribution is -2.12. The Hall–Kier alpha value is -1.40. The summed E-state index contributed by atoms with van der Waals surface area (Å²) in [5, 5.41) is 8.42. The first-order valence-corrected chi connectivity index (χ1v) is 7.20. The van der Waals surface area contributed by atoms with Crippen LogP contribution in [0, 0.1) is 18.6 Å². The van der Waals surface area contributed by atoms with E-state index in [2.05, 4.69) is 10.4 Å². The monoisotopic (exact) mass is 297 g/mol. The highest BCUT2D eigenvalue weighted by Crippen LogP contribution is 2.33. The predicted octanol–water partition coefficient (Wildman–Crippen LogP) is 3.27. The number of halogens is 2. The van der Waals surface area contributed by atoms with E-state index in [1.807, 2.05) is 20.9 Å². The SMILES string of the molecule is CCNCc1c(C)nn(C)c1Sc1cc(F)ccc1F. The molecule has 1 N–H and O–H groups in total. The molecule has 0 aliphatic heterocycles. The third-order valence-electron chi connectivity index (χ3n) is 2.94. The van der Waals surface area contributed by atoms with Crippen LogP contribution in [-0.4, -0.2) is 16.3 Å². The van der Waals surface area contributed by atoms with Crippen LogP contribution in [0.3, 0.4) is 0 Å². The first kappa shape index (κ1) is 15.0. The molecular formula is C14H17F2N3S. The van der Waals surface area contributed by atoms with E-state index in [1.165, 1.54) is 17.8 Å². The van der Waals surface area contributed by atoms with Gasteiger partial charge in [0, 0.05) is 19.2 Å². The van der Waals surface area contributed by atoms with Crippen molar-refractivity contribution in [1.29, 1.82) is 0 Å². The fraction of sp³-hybridized carbons (Fsp3) is 0.357. The molecule has 0 atom stereocenters. The number of aryl methyl sites for hydroxylation is 2. The van der Waals surface area contributed by atoms with Crippen LogP contribution in [0.2, 0.25) is 0 Å². The summed E-state index contributed by atoms with van der Waals surface area (Å²) in [5.74, 6) is -0.870. The van der Waals surface area contributed by atoms with Crippen molar-refractivity contribution in [3.63, 3.8) is 0 Å². The minimum Gasteiger partial charge on any atom is -0.313 e. The average Bonchev–Trinajstić information content (AvgIpc) is 2.66. The smallest absolute Gasteiger partial charge is 0.137 e. The summed E-state index contributed by atoms with van der Waals surface area (Å²) in [6.45, 7) is 5.44. The third-order valence-corrected chi connectivity index (χ3v) is 4.18. The molecule has 108 valence electrons. The van der Waals surface area contributed by atoms with Crippen LogP contribution in [0.15, 0.2) is 28.1 Å². The minimum absolute atomic E-state index is 0.269. The van der Waals surface area contributed by atoms with E-state index >= 15 is 0 Å². The molecule has 0 aliphatic carbocycles. The van der Waals surface area contributed by atoms with Crippen LogP contribution >= 0.6 is 11.8 Å². The number of nitrogens with zero attached hydrogens (tertiary/aromatic N) is 2. The van der Waals surface area contributed by atoms with E-state index in [9.17, 15) is 8.78 Å². The van der Waals surface area contributed by atoms with Crippen molar-refractivity contribution in [1.82, 2.24) is 15.1 Å². The maximum absolute atomic E-state index is 13.7. The Bertz CT molecular complexity index is 611. The zero-order chi connectivity index (χ0) is 14.7. The van der Waals surface area contributed by atoms with Crippen molar-refractivity contribution in [2.24, 2.45) is 7.05 Å². The Morgan fingerprint density at radius 2 is 2.10 bits per heavy atom. The van der Waals surface area contributed by atoms with Gasteiger partial charge in [-0.25, -0.2) is 8.78 Å². The Kier molecular flexibility index (Phi) is 4.77. The van der Waals surface area contributed by atoms with Gasteiger partial charge >= 0.3 is 0 Å². The number of hydrogen-bond donors (Lipinski definition) is 1. The number of aromatic nitrogens is 2. The molecule has 3 nitrogen and oxygen atoms in total. The quantitative estimate of drug-likeness (QED) is 0.918. The van der Waals surface area contributed by atoms with Crippen molar-refractivity contribution < 1.29 is 8.78 Å². The Balaban J connectivity index is 2.35. The molecule has 0 fully saturated rings. The van der Waals surface area contributed by atoms with E-state index in [4.69, 9.17) is 0 Å². The Morgan fingerprint density at radius 3 is 2.80 bits per heavy atom. The lowest BCUT2D eigenvalue weighted by Gasteiger charge is -2.08. The summed E-state index contributed by atoms with van der Waals surface area (Å²) in [5.41, 5.74) is 1.91. The zero-order valence-electron chi connectivity index (χ0n) is 11.7. The summed E-state index contributed by atoms with van der Waals surface area (Å²) < 4.78 is 28.7. The minimum atomic E-state index is -0.443. The fourth-order valence-electron chi connectivity index (χ4n) is 1.92. The van der Waals surface area contributed by atoms with Crippen LogP contribution in [0.1, 0.15) is 18.2 Å². The number of benzene rings is 1. The van der Waals surface area contributed by atoms with Crippen LogP contribution in [-0.2, 0) is 13.6 Å². The van der Waals surface area contributed by atoms with Gasteiger partial charge in [-0.2, -0.15) is 5.10 Å². The molecule has 6 heteroatoms. The molecule has 0 saturated carbocycles. The molecule has 2 rings (SSSR count). The lowest BCUT2D eigenvalue weighted by molar-refractivity contribution is 0.576. The molecule has 0 bridgehead atoms. The molecule has 20 heavy (non-hydrogen) atoms. The second-order valence-electron chi connectivity index (χ2n) is 4.45. The highest BCUT2D eigenvalue weighted by atomic mass is 32.2. The largest absolute Gasteiger partial charge is 0.313 e. The first-order valence-electron chi connectivity index (χ1n) is 6.39. The van der Waals surface area contributed by atoms with Crippen LogP contribution in [0.5, 0.6) is 0 Å². The van der Waals surface area contributed by atoms with Crippen LogP contribution < -0.4 is 5.32 Å². The van der Waals surface area contributed by atoms with Crippen molar-refractivity contribution in [2.45, 2.75) is 30.3 Å².